The first-order chi connectivity index (χ1) is 15.7. The number of fused-ring (bicyclic) bond motifs is 1. The van der Waals surface area contributed by atoms with Crippen LogP contribution >= 0.6 is 0 Å². The van der Waals surface area contributed by atoms with Gasteiger partial charge < -0.3 is 19.7 Å². The number of hydrogen-bond acceptors (Lipinski definition) is 6. The molecule has 8 nitrogen and oxygen atoms in total. The molecule has 0 aliphatic carbocycles. The van der Waals surface area contributed by atoms with Crippen molar-refractivity contribution in [1.82, 2.24) is 20.2 Å². The number of aromatic nitrogens is 2. The Kier molecular flexibility index (Phi) is 7.32. The highest BCUT2D eigenvalue weighted by molar-refractivity contribution is 5.96. The van der Waals surface area contributed by atoms with E-state index in [1.165, 1.54) is 6.33 Å². The fourth-order valence-corrected chi connectivity index (χ4v) is 4.38. The van der Waals surface area contributed by atoms with Crippen LogP contribution < -0.4 is 10.1 Å². The summed E-state index contributed by atoms with van der Waals surface area (Å²) >= 11 is 0. The van der Waals surface area contributed by atoms with E-state index in [0.717, 1.165) is 32.1 Å². The summed E-state index contributed by atoms with van der Waals surface area (Å²) in [5, 5.41) is 2.90. The van der Waals surface area contributed by atoms with Crippen molar-refractivity contribution >= 4 is 11.8 Å². The zero-order chi connectivity index (χ0) is 22.2. The maximum absolute atomic E-state index is 12.8. The molecule has 0 radical (unpaired) electrons. The number of ether oxygens (including phenoxy) is 2. The van der Waals surface area contributed by atoms with Crippen LogP contribution in [0.4, 0.5) is 0 Å². The van der Waals surface area contributed by atoms with Gasteiger partial charge in [-0.2, -0.15) is 0 Å². The predicted octanol–water partition coefficient (Wildman–Crippen LogP) is 2.71. The summed E-state index contributed by atoms with van der Waals surface area (Å²) in [7, 11) is 0. The highest BCUT2D eigenvalue weighted by Crippen LogP contribution is 2.38. The van der Waals surface area contributed by atoms with E-state index >= 15 is 0 Å². The first-order valence-corrected chi connectivity index (χ1v) is 11.3. The zero-order valence-corrected chi connectivity index (χ0v) is 18.3. The lowest BCUT2D eigenvalue weighted by molar-refractivity contribution is 0.0337. The topological polar surface area (TPSA) is 93.7 Å². The molecule has 2 aromatic rings. The highest BCUT2D eigenvalue weighted by atomic mass is 16.5. The molecule has 1 fully saturated rings. The van der Waals surface area contributed by atoms with Gasteiger partial charge >= 0.3 is 0 Å². The van der Waals surface area contributed by atoms with Crippen LogP contribution in [0.3, 0.4) is 0 Å². The minimum Gasteiger partial charge on any atom is -0.492 e. The van der Waals surface area contributed by atoms with Gasteiger partial charge in [-0.3, -0.25) is 9.59 Å². The van der Waals surface area contributed by atoms with Gasteiger partial charge in [-0.15, -0.1) is 0 Å². The first-order valence-electron chi connectivity index (χ1n) is 11.3. The van der Waals surface area contributed by atoms with E-state index in [9.17, 15) is 9.59 Å². The Morgan fingerprint density at radius 2 is 1.91 bits per heavy atom. The summed E-state index contributed by atoms with van der Waals surface area (Å²) in [6, 6.07) is 9.01. The van der Waals surface area contributed by atoms with Gasteiger partial charge in [0.25, 0.3) is 11.8 Å². The summed E-state index contributed by atoms with van der Waals surface area (Å²) in [4.78, 5) is 35.2. The van der Waals surface area contributed by atoms with Gasteiger partial charge in [0.2, 0.25) is 0 Å². The quantitative estimate of drug-likeness (QED) is 0.736. The Morgan fingerprint density at radius 3 is 2.72 bits per heavy atom. The average molecular weight is 439 g/mol. The number of rotatable bonds is 1. The van der Waals surface area contributed by atoms with Crippen LogP contribution in [-0.4, -0.2) is 66.1 Å². The number of nitrogens with zero attached hydrogens (tertiary/aromatic N) is 3. The molecule has 0 bridgehead atoms. The smallest absolute Gasteiger partial charge is 0.272 e. The second kappa shape index (κ2) is 10.5. The maximum Gasteiger partial charge on any atom is 0.272 e. The van der Waals surface area contributed by atoms with Crippen LogP contribution in [0.5, 0.6) is 5.75 Å². The molecule has 1 aromatic carbocycles. The second-order valence-corrected chi connectivity index (χ2v) is 8.50. The SMILES string of the molecule is O=C1NCCOCCCCC2(CCN(C(=O)c3ccncn3)CC2)COc2ccccc21. The number of carbonyl (C=O) groups is 2. The number of likely N-dealkylation sites (tertiary alicyclic amines) is 1. The van der Waals surface area contributed by atoms with Crippen molar-refractivity contribution in [3.05, 3.63) is 54.1 Å². The largest absolute Gasteiger partial charge is 0.492 e. The first kappa shape index (κ1) is 22.2. The van der Waals surface area contributed by atoms with Gasteiger partial charge in [0.05, 0.1) is 18.8 Å². The summed E-state index contributed by atoms with van der Waals surface area (Å²) < 4.78 is 11.9. The molecule has 2 aliphatic rings. The molecule has 8 heteroatoms. The lowest BCUT2D eigenvalue weighted by atomic mass is 9.75. The fraction of sp³-hybridized carbons (Fsp3) is 0.500. The molecule has 0 saturated carbocycles. The van der Waals surface area contributed by atoms with E-state index in [-0.39, 0.29) is 17.2 Å². The van der Waals surface area contributed by atoms with Crippen LogP contribution in [0, 0.1) is 5.41 Å². The third kappa shape index (κ3) is 5.43. The molecule has 1 N–H and O–H groups in total. The Hall–Kier alpha value is -3.00. The molecule has 1 aromatic heterocycles. The predicted molar refractivity (Wildman–Crippen MR) is 119 cm³/mol. The molecule has 2 amide bonds. The van der Waals surface area contributed by atoms with Crippen molar-refractivity contribution in [1.29, 1.82) is 0 Å². The van der Waals surface area contributed by atoms with Crippen molar-refractivity contribution in [3.63, 3.8) is 0 Å². The normalized spacial score (nSPS) is 19.9. The van der Waals surface area contributed by atoms with Crippen molar-refractivity contribution in [2.45, 2.75) is 32.1 Å². The summed E-state index contributed by atoms with van der Waals surface area (Å²) in [5.74, 6) is 0.391. The van der Waals surface area contributed by atoms with E-state index in [2.05, 4.69) is 15.3 Å². The minimum absolute atomic E-state index is 0.0455. The van der Waals surface area contributed by atoms with Gasteiger partial charge in [0.15, 0.2) is 0 Å². The Morgan fingerprint density at radius 1 is 1.06 bits per heavy atom. The fourth-order valence-electron chi connectivity index (χ4n) is 4.38. The zero-order valence-electron chi connectivity index (χ0n) is 18.3. The highest BCUT2D eigenvalue weighted by Gasteiger charge is 2.37. The molecule has 32 heavy (non-hydrogen) atoms. The molecule has 4 rings (SSSR count). The summed E-state index contributed by atoms with van der Waals surface area (Å²) in [5.41, 5.74) is 0.919. The Bertz CT molecular complexity index is 913. The minimum atomic E-state index is -0.152. The van der Waals surface area contributed by atoms with Crippen LogP contribution in [-0.2, 0) is 4.74 Å². The number of amides is 2. The maximum atomic E-state index is 12.8. The molecular weight excluding hydrogens is 408 g/mol. The third-order valence-corrected chi connectivity index (χ3v) is 6.36. The van der Waals surface area contributed by atoms with Crippen LogP contribution in [0.25, 0.3) is 0 Å². The third-order valence-electron chi connectivity index (χ3n) is 6.36. The number of nitrogens with one attached hydrogen (secondary N) is 1. The summed E-state index contributed by atoms with van der Waals surface area (Å²) in [6.07, 6.45) is 7.69. The Balaban J connectivity index is 1.47. The molecule has 170 valence electrons. The van der Waals surface area contributed by atoms with Gasteiger partial charge in [-0.1, -0.05) is 18.6 Å². The lowest BCUT2D eigenvalue weighted by Gasteiger charge is -2.42. The molecule has 1 saturated heterocycles. The second-order valence-electron chi connectivity index (χ2n) is 8.50. The number of piperidine rings is 1. The van der Waals surface area contributed by atoms with E-state index in [4.69, 9.17) is 9.47 Å². The van der Waals surface area contributed by atoms with Crippen LogP contribution in [0.15, 0.2) is 42.9 Å². The summed E-state index contributed by atoms with van der Waals surface area (Å²) in [6.45, 7) is 3.50. The lowest BCUT2D eigenvalue weighted by Crippen LogP contribution is -2.45. The number of carbonyl (C=O) groups excluding carboxylic acids is 2. The van der Waals surface area contributed by atoms with E-state index in [1.54, 1.807) is 18.3 Å². The van der Waals surface area contributed by atoms with Crippen molar-refractivity contribution < 1.29 is 19.1 Å². The standard InChI is InChI=1S/C24H30N4O4/c29-22-19-5-1-2-6-21(19)32-17-24(8-3-4-15-31-16-12-26-22)9-13-28(14-10-24)23(30)20-7-11-25-18-27-20/h1-2,5-7,11,18H,3-4,8-10,12-17H2,(H,26,29). The average Bonchev–Trinajstić information content (AvgIpc) is 2.84. The van der Waals surface area contributed by atoms with E-state index in [1.807, 2.05) is 23.1 Å². The molecule has 3 heterocycles. The van der Waals surface area contributed by atoms with Gasteiger partial charge in [0.1, 0.15) is 17.8 Å². The van der Waals surface area contributed by atoms with E-state index < -0.39 is 0 Å². The van der Waals surface area contributed by atoms with Crippen LogP contribution in [0.2, 0.25) is 0 Å². The number of para-hydroxylation sites is 1. The number of benzene rings is 1. The van der Waals surface area contributed by atoms with Crippen LogP contribution in [0.1, 0.15) is 53.0 Å². The molecule has 2 aliphatic heterocycles. The Labute approximate surface area is 188 Å². The van der Waals surface area contributed by atoms with E-state index in [0.29, 0.717) is 56.5 Å². The van der Waals surface area contributed by atoms with Crippen molar-refractivity contribution in [2.75, 3.05) is 39.5 Å². The molecular formula is C24H30N4O4. The molecule has 0 unspecified atom stereocenters. The van der Waals surface area contributed by atoms with Gasteiger partial charge in [-0.25, -0.2) is 9.97 Å². The van der Waals surface area contributed by atoms with Crippen molar-refractivity contribution in [2.24, 2.45) is 5.41 Å². The number of hydrogen-bond donors (Lipinski definition) is 1. The molecule has 0 atom stereocenters. The van der Waals surface area contributed by atoms with Gasteiger partial charge in [-0.05, 0) is 43.9 Å². The molecule has 1 spiro atoms. The monoisotopic (exact) mass is 438 g/mol. The van der Waals surface area contributed by atoms with Gasteiger partial charge in [0, 0.05) is 37.9 Å². The van der Waals surface area contributed by atoms with Crippen molar-refractivity contribution in [3.8, 4) is 5.75 Å².